The molecule has 0 unspecified atom stereocenters. The van der Waals surface area contributed by atoms with Crippen LogP contribution in [0, 0.1) is 5.92 Å². The van der Waals surface area contributed by atoms with Crippen molar-refractivity contribution in [2.45, 2.75) is 39.7 Å². The van der Waals surface area contributed by atoms with Crippen molar-refractivity contribution in [2.24, 2.45) is 5.92 Å². The van der Waals surface area contributed by atoms with Gasteiger partial charge >= 0.3 is 6.09 Å². The number of amides is 1. The van der Waals surface area contributed by atoms with Crippen LogP contribution in [0.25, 0.3) is 0 Å². The first kappa shape index (κ1) is 17.2. The van der Waals surface area contributed by atoms with Gasteiger partial charge in [-0.25, -0.2) is 4.79 Å². The van der Waals surface area contributed by atoms with Crippen LogP contribution >= 0.6 is 0 Å². The molecule has 0 saturated carbocycles. The summed E-state index contributed by atoms with van der Waals surface area (Å²) < 4.78 is 5.02. The van der Waals surface area contributed by atoms with Gasteiger partial charge in [0.2, 0.25) is 5.95 Å². The summed E-state index contributed by atoms with van der Waals surface area (Å²) in [5.74, 6) is 1.78. The minimum absolute atomic E-state index is 0.233. The Balaban J connectivity index is 1.82. The SMILES string of the molecule is CCOC(=O)N1CCC(Nc2nncc(NCC(C)C)n2)CC1. The molecule has 0 bridgehead atoms. The Hall–Kier alpha value is -2.12. The molecule has 8 nitrogen and oxygen atoms in total. The van der Waals surface area contributed by atoms with Gasteiger partial charge in [0, 0.05) is 25.7 Å². The highest BCUT2D eigenvalue weighted by atomic mass is 16.6. The van der Waals surface area contributed by atoms with Crippen LogP contribution < -0.4 is 10.6 Å². The third kappa shape index (κ3) is 5.54. The fourth-order valence-electron chi connectivity index (χ4n) is 2.36. The summed E-state index contributed by atoms with van der Waals surface area (Å²) in [6.45, 7) is 8.69. The lowest BCUT2D eigenvalue weighted by Gasteiger charge is -2.31. The first-order valence-electron chi connectivity index (χ1n) is 8.20. The van der Waals surface area contributed by atoms with Crippen molar-refractivity contribution in [1.29, 1.82) is 0 Å². The van der Waals surface area contributed by atoms with Gasteiger partial charge in [-0.2, -0.15) is 10.1 Å². The second-order valence-corrected chi connectivity index (χ2v) is 6.04. The molecule has 0 spiro atoms. The van der Waals surface area contributed by atoms with E-state index in [4.69, 9.17) is 4.74 Å². The van der Waals surface area contributed by atoms with Crippen molar-refractivity contribution < 1.29 is 9.53 Å². The number of ether oxygens (including phenoxy) is 1. The number of carbonyl (C=O) groups excluding carboxylic acids is 1. The van der Waals surface area contributed by atoms with Gasteiger partial charge in [0.1, 0.15) is 0 Å². The molecule has 1 aromatic heterocycles. The smallest absolute Gasteiger partial charge is 0.409 e. The summed E-state index contributed by atoms with van der Waals surface area (Å²) in [7, 11) is 0. The second kappa shape index (κ2) is 8.50. The number of aromatic nitrogens is 3. The molecule has 2 heterocycles. The van der Waals surface area contributed by atoms with Gasteiger partial charge in [-0.05, 0) is 25.7 Å². The van der Waals surface area contributed by atoms with Crippen molar-refractivity contribution in [3.05, 3.63) is 6.20 Å². The molecule has 0 radical (unpaired) electrons. The normalized spacial score (nSPS) is 15.6. The van der Waals surface area contributed by atoms with Crippen LogP contribution in [0.5, 0.6) is 0 Å². The third-order valence-electron chi connectivity index (χ3n) is 3.60. The van der Waals surface area contributed by atoms with Crippen LogP contribution in [0.4, 0.5) is 16.6 Å². The number of anilines is 2. The van der Waals surface area contributed by atoms with E-state index in [0.717, 1.165) is 25.2 Å². The first-order valence-corrected chi connectivity index (χ1v) is 8.20. The van der Waals surface area contributed by atoms with E-state index in [0.29, 0.717) is 31.6 Å². The van der Waals surface area contributed by atoms with Crippen molar-refractivity contribution in [1.82, 2.24) is 20.1 Å². The van der Waals surface area contributed by atoms with Gasteiger partial charge < -0.3 is 20.3 Å². The van der Waals surface area contributed by atoms with Crippen LogP contribution in [-0.2, 0) is 4.74 Å². The maximum absolute atomic E-state index is 11.7. The van der Waals surface area contributed by atoms with E-state index in [2.05, 4.69) is 39.7 Å². The monoisotopic (exact) mass is 322 g/mol. The average Bonchev–Trinajstić information content (AvgIpc) is 2.54. The summed E-state index contributed by atoms with van der Waals surface area (Å²) in [5.41, 5.74) is 0. The molecule has 1 amide bonds. The Morgan fingerprint density at radius 2 is 2.17 bits per heavy atom. The number of likely N-dealkylation sites (tertiary alicyclic amines) is 1. The molecule has 128 valence electrons. The largest absolute Gasteiger partial charge is 0.450 e. The first-order chi connectivity index (χ1) is 11.1. The number of nitrogens with zero attached hydrogens (tertiary/aromatic N) is 4. The number of nitrogens with one attached hydrogen (secondary N) is 2. The predicted molar refractivity (Wildman–Crippen MR) is 88.4 cm³/mol. The molecule has 2 rings (SSSR count). The fourth-order valence-corrected chi connectivity index (χ4v) is 2.36. The zero-order chi connectivity index (χ0) is 16.7. The lowest BCUT2D eigenvalue weighted by Crippen LogP contribution is -2.42. The van der Waals surface area contributed by atoms with Crippen molar-refractivity contribution in [2.75, 3.05) is 36.9 Å². The molecule has 0 aliphatic carbocycles. The zero-order valence-corrected chi connectivity index (χ0v) is 14.1. The highest BCUT2D eigenvalue weighted by Gasteiger charge is 2.24. The Bertz CT molecular complexity index is 502. The van der Waals surface area contributed by atoms with E-state index in [1.807, 2.05) is 6.92 Å². The number of hydrogen-bond donors (Lipinski definition) is 2. The maximum Gasteiger partial charge on any atom is 0.409 e. The minimum atomic E-state index is -0.233. The number of hydrogen-bond acceptors (Lipinski definition) is 7. The summed E-state index contributed by atoms with van der Waals surface area (Å²) in [6, 6.07) is 0.239. The van der Waals surface area contributed by atoms with E-state index in [1.54, 1.807) is 11.1 Å². The van der Waals surface area contributed by atoms with Gasteiger partial charge in [-0.3, -0.25) is 0 Å². The average molecular weight is 322 g/mol. The summed E-state index contributed by atoms with van der Waals surface area (Å²) in [4.78, 5) is 17.8. The molecule has 0 atom stereocenters. The lowest BCUT2D eigenvalue weighted by molar-refractivity contribution is 0.0983. The molecule has 0 aromatic carbocycles. The van der Waals surface area contributed by atoms with Gasteiger partial charge in [0.15, 0.2) is 5.82 Å². The van der Waals surface area contributed by atoms with Gasteiger partial charge in [-0.15, -0.1) is 5.10 Å². The molecule has 1 saturated heterocycles. The molecular weight excluding hydrogens is 296 g/mol. The molecule has 2 N–H and O–H groups in total. The quantitative estimate of drug-likeness (QED) is 0.827. The van der Waals surface area contributed by atoms with E-state index in [1.165, 1.54) is 0 Å². The standard InChI is InChI=1S/C15H26N6O2/c1-4-23-15(22)21-7-5-12(6-8-21)18-14-19-13(10-17-20-14)16-9-11(2)3/h10-12H,4-9H2,1-3H3,(H2,16,18,19,20). The molecule has 1 fully saturated rings. The summed E-state index contributed by atoms with van der Waals surface area (Å²) in [5, 5.41) is 14.5. The van der Waals surface area contributed by atoms with Crippen LogP contribution in [0.1, 0.15) is 33.6 Å². The van der Waals surface area contributed by atoms with Crippen LogP contribution in [0.15, 0.2) is 6.20 Å². The highest BCUT2D eigenvalue weighted by molar-refractivity contribution is 5.67. The molecule has 1 aromatic rings. The van der Waals surface area contributed by atoms with E-state index >= 15 is 0 Å². The number of carbonyl (C=O) groups is 1. The number of rotatable bonds is 6. The van der Waals surface area contributed by atoms with Crippen LogP contribution in [-0.4, -0.2) is 58.5 Å². The Morgan fingerprint density at radius 1 is 1.43 bits per heavy atom. The van der Waals surface area contributed by atoms with Crippen LogP contribution in [0.3, 0.4) is 0 Å². The summed E-state index contributed by atoms with van der Waals surface area (Å²) in [6.07, 6.45) is 3.07. The lowest BCUT2D eigenvalue weighted by atomic mass is 10.1. The maximum atomic E-state index is 11.7. The van der Waals surface area contributed by atoms with Crippen molar-refractivity contribution in [3.63, 3.8) is 0 Å². The molecule has 1 aliphatic heterocycles. The Labute approximate surface area is 137 Å². The van der Waals surface area contributed by atoms with Gasteiger partial charge in [0.05, 0.1) is 12.8 Å². The second-order valence-electron chi connectivity index (χ2n) is 6.04. The van der Waals surface area contributed by atoms with Crippen molar-refractivity contribution in [3.8, 4) is 0 Å². The van der Waals surface area contributed by atoms with E-state index < -0.39 is 0 Å². The van der Waals surface area contributed by atoms with E-state index in [9.17, 15) is 4.79 Å². The molecule has 8 heteroatoms. The van der Waals surface area contributed by atoms with Crippen molar-refractivity contribution >= 4 is 17.9 Å². The van der Waals surface area contributed by atoms with Gasteiger partial charge in [-0.1, -0.05) is 13.8 Å². The highest BCUT2D eigenvalue weighted by Crippen LogP contribution is 2.15. The zero-order valence-electron chi connectivity index (χ0n) is 14.1. The fraction of sp³-hybridized carbons (Fsp3) is 0.733. The van der Waals surface area contributed by atoms with Crippen LogP contribution in [0.2, 0.25) is 0 Å². The van der Waals surface area contributed by atoms with Gasteiger partial charge in [0.25, 0.3) is 0 Å². The molecule has 23 heavy (non-hydrogen) atoms. The molecular formula is C15H26N6O2. The predicted octanol–water partition coefficient (Wildman–Crippen LogP) is 1.97. The molecule has 1 aliphatic rings. The minimum Gasteiger partial charge on any atom is -0.450 e. The third-order valence-corrected chi connectivity index (χ3v) is 3.60. The van der Waals surface area contributed by atoms with E-state index in [-0.39, 0.29) is 12.1 Å². The Morgan fingerprint density at radius 3 is 2.83 bits per heavy atom. The number of piperidine rings is 1. The summed E-state index contributed by atoms with van der Waals surface area (Å²) >= 11 is 0. The topological polar surface area (TPSA) is 92.3 Å². The Kier molecular flexibility index (Phi) is 6.37.